The van der Waals surface area contributed by atoms with Crippen LogP contribution in [0.5, 0.6) is 0 Å². The molecule has 0 amide bonds. The van der Waals surface area contributed by atoms with Crippen molar-refractivity contribution in [2.45, 2.75) is 0 Å². The van der Waals surface area contributed by atoms with Crippen molar-refractivity contribution in [2.75, 3.05) is 0 Å². The number of rotatable bonds is 9. The largest absolute Gasteiger partial charge is 0.456 e. The number of hydrogen-bond acceptors (Lipinski definition) is 5. The molecule has 0 unspecified atom stereocenters. The van der Waals surface area contributed by atoms with E-state index in [-0.39, 0.29) is 0 Å². The fraction of sp³-hybridized carbons (Fsp3) is 0. The molecule has 7 aromatic heterocycles. The maximum atomic E-state index is 6.38. The van der Waals surface area contributed by atoms with E-state index in [1.54, 1.807) is 0 Å². The SMILES string of the molecule is c1ccc2c(c1)oc1cc(-c3ccc4c5ccccc5n(-c5ccc(-c6cc(-c7ccc(-n8c9ccccc9c9ccc(-c%10ccc%11c(c%10)oc%10ccccc%10%11)cc98)cc7)nc(-c7ccc(-n8c9ccccc9c9ccc(-c%10ccc%11c(c%10)oc%10ccccc%10%11)cc98)cc7)n6)cc5)c4c3)ccc12. The predicted molar refractivity (Wildman–Crippen MR) is 419 cm³/mol. The molecule has 0 bridgehead atoms. The van der Waals surface area contributed by atoms with Gasteiger partial charge in [-0.3, -0.25) is 0 Å². The number of furan rings is 3. The van der Waals surface area contributed by atoms with E-state index >= 15 is 0 Å². The molecule has 0 radical (unpaired) electrons. The first kappa shape index (κ1) is 56.2. The fourth-order valence-corrected chi connectivity index (χ4v) is 16.2. The highest BCUT2D eigenvalue weighted by Gasteiger charge is 2.21. The molecule has 0 atom stereocenters. The minimum atomic E-state index is 0.624. The Morgan fingerprint density at radius 2 is 0.422 bits per heavy atom. The van der Waals surface area contributed by atoms with E-state index in [0.717, 1.165) is 177 Å². The lowest BCUT2D eigenvalue weighted by Crippen LogP contribution is -1.99. The number of fused-ring (bicyclic) bond motifs is 18. The first-order valence-corrected chi connectivity index (χ1v) is 34.6. The molecule has 22 rings (SSSR count). The van der Waals surface area contributed by atoms with Crippen molar-refractivity contribution >= 4 is 131 Å². The maximum Gasteiger partial charge on any atom is 0.160 e. The second kappa shape index (κ2) is 21.8. The molecule has 0 spiro atoms. The molecule has 8 nitrogen and oxygen atoms in total. The summed E-state index contributed by atoms with van der Waals surface area (Å²) < 4.78 is 26.3. The van der Waals surface area contributed by atoms with Gasteiger partial charge in [-0.2, -0.15) is 0 Å². The van der Waals surface area contributed by atoms with Gasteiger partial charge in [0.05, 0.1) is 44.5 Å². The lowest BCUT2D eigenvalue weighted by atomic mass is 10.0. The quantitative estimate of drug-likeness (QED) is 0.144. The molecular weight excluding hydrogens is 1250 g/mol. The molecule has 7 heterocycles. The van der Waals surface area contributed by atoms with E-state index in [1.807, 2.05) is 36.4 Å². The van der Waals surface area contributed by atoms with Gasteiger partial charge in [0, 0.05) is 98.4 Å². The van der Waals surface area contributed by atoms with Crippen LogP contribution in [-0.4, -0.2) is 23.7 Å². The zero-order valence-electron chi connectivity index (χ0n) is 54.7. The lowest BCUT2D eigenvalue weighted by molar-refractivity contribution is 0.668. The lowest BCUT2D eigenvalue weighted by Gasteiger charge is -2.13. The molecule has 8 heteroatoms. The summed E-state index contributed by atoms with van der Waals surface area (Å²) in [6.45, 7) is 0. The highest BCUT2D eigenvalue weighted by atomic mass is 16.3. The number of para-hydroxylation sites is 6. The molecule has 0 saturated heterocycles. The van der Waals surface area contributed by atoms with Gasteiger partial charge < -0.3 is 27.0 Å². The van der Waals surface area contributed by atoms with Crippen molar-refractivity contribution in [1.29, 1.82) is 0 Å². The zero-order valence-corrected chi connectivity index (χ0v) is 54.7. The molecule has 0 aliphatic carbocycles. The van der Waals surface area contributed by atoms with Crippen LogP contribution in [0.25, 0.3) is 216 Å². The van der Waals surface area contributed by atoms with Gasteiger partial charge in [-0.25, -0.2) is 9.97 Å². The summed E-state index contributed by atoms with van der Waals surface area (Å²) in [5, 5.41) is 13.8. The Kier molecular flexibility index (Phi) is 12.0. The molecule has 102 heavy (non-hydrogen) atoms. The topological polar surface area (TPSA) is 80.0 Å². The third-order valence-corrected chi connectivity index (χ3v) is 21.1. The average molecular weight is 1300 g/mol. The molecule has 15 aromatic carbocycles. The van der Waals surface area contributed by atoms with Crippen LogP contribution in [0.4, 0.5) is 0 Å². The van der Waals surface area contributed by atoms with Crippen molar-refractivity contribution in [3.8, 4) is 84.3 Å². The second-order valence-electron chi connectivity index (χ2n) is 26.8. The van der Waals surface area contributed by atoms with Crippen molar-refractivity contribution in [3.05, 3.63) is 334 Å². The number of benzene rings is 15. The Labute approximate surface area is 582 Å². The van der Waals surface area contributed by atoms with Gasteiger partial charge in [-0.15, -0.1) is 0 Å². The second-order valence-corrected chi connectivity index (χ2v) is 26.8. The van der Waals surface area contributed by atoms with E-state index in [0.29, 0.717) is 5.82 Å². The Bertz CT molecular complexity index is 6540. The Balaban J connectivity index is 0.659. The van der Waals surface area contributed by atoms with Gasteiger partial charge in [0.25, 0.3) is 0 Å². The summed E-state index contributed by atoms with van der Waals surface area (Å²) in [7, 11) is 0. The van der Waals surface area contributed by atoms with Crippen LogP contribution in [0, 0.1) is 0 Å². The van der Waals surface area contributed by atoms with Crippen LogP contribution in [0.15, 0.2) is 347 Å². The van der Waals surface area contributed by atoms with Crippen molar-refractivity contribution in [2.24, 2.45) is 0 Å². The van der Waals surface area contributed by atoms with Gasteiger partial charge in [0.2, 0.25) is 0 Å². The van der Waals surface area contributed by atoms with Gasteiger partial charge in [0.15, 0.2) is 5.82 Å². The summed E-state index contributed by atoms with van der Waals surface area (Å²) in [5.74, 6) is 0.624. The van der Waals surface area contributed by atoms with Crippen LogP contribution in [0.3, 0.4) is 0 Å². The van der Waals surface area contributed by atoms with Gasteiger partial charge in [-0.05, 0) is 179 Å². The Morgan fingerprint density at radius 1 is 0.176 bits per heavy atom. The van der Waals surface area contributed by atoms with Crippen molar-refractivity contribution in [1.82, 2.24) is 23.7 Å². The maximum absolute atomic E-state index is 6.38. The minimum Gasteiger partial charge on any atom is -0.456 e. The monoisotopic (exact) mass is 1300 g/mol. The molecule has 0 fully saturated rings. The van der Waals surface area contributed by atoms with Crippen LogP contribution in [0.1, 0.15) is 0 Å². The van der Waals surface area contributed by atoms with Crippen LogP contribution >= 0.6 is 0 Å². The van der Waals surface area contributed by atoms with E-state index in [4.69, 9.17) is 23.2 Å². The van der Waals surface area contributed by atoms with Gasteiger partial charge >= 0.3 is 0 Å². The predicted octanol–water partition coefficient (Wildman–Crippen LogP) is 25.5. The summed E-state index contributed by atoms with van der Waals surface area (Å²) >= 11 is 0. The zero-order chi connectivity index (χ0) is 66.7. The molecule has 0 saturated carbocycles. The van der Waals surface area contributed by atoms with Crippen LogP contribution < -0.4 is 0 Å². The van der Waals surface area contributed by atoms with E-state index in [2.05, 4.69) is 311 Å². The molecule has 474 valence electrons. The van der Waals surface area contributed by atoms with Crippen molar-refractivity contribution in [3.63, 3.8) is 0 Å². The molecule has 22 aromatic rings. The first-order valence-electron chi connectivity index (χ1n) is 34.6. The Morgan fingerprint density at radius 3 is 0.755 bits per heavy atom. The molecular formula is C94H55N5O3. The highest BCUT2D eigenvalue weighted by Crippen LogP contribution is 2.43. The highest BCUT2D eigenvalue weighted by molar-refractivity contribution is 6.15. The van der Waals surface area contributed by atoms with Gasteiger partial charge in [0.1, 0.15) is 33.5 Å². The van der Waals surface area contributed by atoms with Crippen LogP contribution in [-0.2, 0) is 0 Å². The minimum absolute atomic E-state index is 0.624. The molecule has 0 aliphatic rings. The summed E-state index contributed by atoms with van der Waals surface area (Å²) in [6.07, 6.45) is 0. The van der Waals surface area contributed by atoms with Crippen LogP contribution in [0.2, 0.25) is 0 Å². The third kappa shape index (κ3) is 8.69. The number of hydrogen-bond donors (Lipinski definition) is 0. The number of nitrogens with zero attached hydrogens (tertiary/aromatic N) is 5. The summed E-state index contributed by atoms with van der Waals surface area (Å²) in [4.78, 5) is 11.0. The smallest absolute Gasteiger partial charge is 0.160 e. The van der Waals surface area contributed by atoms with E-state index < -0.39 is 0 Å². The molecule has 0 aliphatic heterocycles. The van der Waals surface area contributed by atoms with E-state index in [1.165, 1.54) is 32.3 Å². The normalized spacial score (nSPS) is 12.1. The molecule has 0 N–H and O–H groups in total. The first-order chi connectivity index (χ1) is 50.5. The third-order valence-electron chi connectivity index (χ3n) is 21.1. The Hall–Kier alpha value is -13.8. The fourth-order valence-electron chi connectivity index (χ4n) is 16.2. The van der Waals surface area contributed by atoms with Crippen molar-refractivity contribution < 1.29 is 13.3 Å². The van der Waals surface area contributed by atoms with Gasteiger partial charge in [-0.1, -0.05) is 188 Å². The standard InChI is InChI=1S/C94H55N5O3/c1-7-19-82-68(13-1)71-43-31-59(62-34-46-77-74-16-4-10-22-88(74)100-91(77)52-62)49-85(71)97(82)65-37-25-56(26-38-65)80-55-81(57-27-39-66(40-28-57)98-83-20-8-2-14-69(83)72-44-32-60(50-86(72)98)63-35-47-78-75-17-5-11-23-89(75)101-92(78)53-63)96-94(95-80)58-29-41-67(42-30-58)99-84-21-9-3-15-70(84)73-45-33-61(51-87(73)99)64-36-48-79-76-18-6-12-24-90(76)102-93(79)54-64/h1-55H. The average Bonchev–Trinajstić information content (AvgIpc) is 1.55. The number of aromatic nitrogens is 5. The van der Waals surface area contributed by atoms with E-state index in [9.17, 15) is 0 Å². The summed E-state index contributed by atoms with van der Waals surface area (Å²) in [6, 6.07) is 120. The summed E-state index contributed by atoms with van der Waals surface area (Å²) in [5.41, 5.74) is 26.3.